The number of carbonyl (C=O) groups is 1. The lowest BCUT2D eigenvalue weighted by atomic mass is 9.81. The molecule has 1 aromatic heterocycles. The van der Waals surface area contributed by atoms with Crippen LogP contribution in [0.4, 0.5) is 8.78 Å². The van der Waals surface area contributed by atoms with Crippen molar-refractivity contribution in [2.45, 2.75) is 53.2 Å². The normalized spacial score (nSPS) is 19.4. The lowest BCUT2D eigenvalue weighted by Crippen LogP contribution is -2.48. The summed E-state index contributed by atoms with van der Waals surface area (Å²) < 4.78 is 35.1. The topological polar surface area (TPSA) is 78.6 Å². The molecule has 1 saturated heterocycles. The number of aromatic nitrogens is 1. The third-order valence-corrected chi connectivity index (χ3v) is 7.23. The first-order chi connectivity index (χ1) is 18.0. The van der Waals surface area contributed by atoms with Crippen molar-refractivity contribution < 1.29 is 23.1 Å². The van der Waals surface area contributed by atoms with Gasteiger partial charge in [-0.2, -0.15) is 0 Å². The number of hydrogen-bond donors (Lipinski definition) is 2. The number of amides is 1. The third kappa shape index (κ3) is 6.13. The molecule has 0 saturated carbocycles. The quantitative estimate of drug-likeness (QED) is 0.414. The minimum atomic E-state index is -1.21. The smallest absolute Gasteiger partial charge is 0.251 e. The molecule has 38 heavy (non-hydrogen) atoms. The third-order valence-electron chi connectivity index (χ3n) is 7.23. The van der Waals surface area contributed by atoms with Gasteiger partial charge in [0.25, 0.3) is 5.91 Å². The number of halogens is 2. The van der Waals surface area contributed by atoms with Crippen LogP contribution in [0.25, 0.3) is 11.5 Å². The summed E-state index contributed by atoms with van der Waals surface area (Å²) in [6.45, 7) is 11.6. The average Bonchev–Trinajstić information content (AvgIpc) is 3.45. The Kier molecular flexibility index (Phi) is 8.33. The van der Waals surface area contributed by atoms with Gasteiger partial charge in [-0.05, 0) is 61.0 Å². The van der Waals surface area contributed by atoms with Gasteiger partial charge in [0.1, 0.15) is 29.2 Å². The minimum absolute atomic E-state index is 0.0440. The van der Waals surface area contributed by atoms with E-state index >= 15 is 0 Å². The summed E-state index contributed by atoms with van der Waals surface area (Å²) in [5.74, 6) is -0.707. The molecule has 4 atom stereocenters. The highest BCUT2D eigenvalue weighted by Crippen LogP contribution is 2.42. The predicted octanol–water partition coefficient (Wildman–Crippen LogP) is 5.36. The van der Waals surface area contributed by atoms with E-state index in [2.05, 4.69) is 12.2 Å². The number of hydrogen-bond acceptors (Lipinski definition) is 5. The maximum Gasteiger partial charge on any atom is 0.251 e. The molecule has 0 radical (unpaired) electrons. The highest BCUT2D eigenvalue weighted by molar-refractivity contribution is 5.81. The van der Waals surface area contributed by atoms with Crippen molar-refractivity contribution in [2.24, 2.45) is 17.3 Å². The highest BCUT2D eigenvalue weighted by Gasteiger charge is 2.42. The number of nitrogens with one attached hydrogen (secondary N) is 1. The second-order valence-corrected chi connectivity index (χ2v) is 11.4. The van der Waals surface area contributed by atoms with Gasteiger partial charge in [0.05, 0.1) is 11.6 Å². The van der Waals surface area contributed by atoms with Gasteiger partial charge < -0.3 is 19.7 Å². The Labute approximate surface area is 223 Å². The average molecular weight is 526 g/mol. The molecule has 2 heterocycles. The Balaban J connectivity index is 1.88. The van der Waals surface area contributed by atoms with E-state index in [0.29, 0.717) is 30.3 Å². The molecule has 204 valence electrons. The standard InChI is InChI=1S/C30H37F2N3O3/c1-18-15-33-16-21(18)17-35(29(37)19(2)36)27(30(3,4)5)26-25(13-20-9-7-6-8-10-20)38-28(34-26)23-14-22(31)11-12-24(23)32/h6-12,14,18-19,21,27,33,36H,13,15-17H2,1-5H3/t18-,19-,21?,27+/m0/s1. The molecule has 0 spiro atoms. The number of nitrogens with zero attached hydrogens (tertiary/aromatic N) is 2. The molecule has 4 rings (SSSR count). The van der Waals surface area contributed by atoms with Gasteiger partial charge in [-0.25, -0.2) is 13.8 Å². The van der Waals surface area contributed by atoms with Crippen LogP contribution in [0, 0.1) is 28.9 Å². The Hall–Kier alpha value is -3.10. The van der Waals surface area contributed by atoms with E-state index in [-0.39, 0.29) is 17.4 Å². The Morgan fingerprint density at radius 2 is 1.89 bits per heavy atom. The molecule has 1 amide bonds. The summed E-state index contributed by atoms with van der Waals surface area (Å²) >= 11 is 0. The second-order valence-electron chi connectivity index (χ2n) is 11.4. The van der Waals surface area contributed by atoms with Crippen LogP contribution in [0.3, 0.4) is 0 Å². The van der Waals surface area contributed by atoms with Crippen molar-refractivity contribution >= 4 is 5.91 Å². The maximum atomic E-state index is 14.8. The van der Waals surface area contributed by atoms with Crippen LogP contribution in [0.5, 0.6) is 0 Å². The fraction of sp³-hybridized carbons (Fsp3) is 0.467. The van der Waals surface area contributed by atoms with E-state index in [1.54, 1.807) is 4.90 Å². The molecule has 1 aliphatic rings. The van der Waals surface area contributed by atoms with Crippen LogP contribution in [-0.4, -0.2) is 46.6 Å². The lowest BCUT2D eigenvalue weighted by molar-refractivity contribution is -0.145. The number of carbonyl (C=O) groups excluding carboxylic acids is 1. The summed E-state index contributed by atoms with van der Waals surface area (Å²) in [6, 6.07) is 12.2. The van der Waals surface area contributed by atoms with E-state index in [1.807, 2.05) is 51.1 Å². The van der Waals surface area contributed by atoms with Crippen molar-refractivity contribution in [3.63, 3.8) is 0 Å². The van der Waals surface area contributed by atoms with Crippen molar-refractivity contribution in [3.8, 4) is 11.5 Å². The minimum Gasteiger partial charge on any atom is -0.440 e. The number of aliphatic hydroxyl groups is 1. The summed E-state index contributed by atoms with van der Waals surface area (Å²) in [5, 5.41) is 13.8. The van der Waals surface area contributed by atoms with Crippen molar-refractivity contribution in [2.75, 3.05) is 19.6 Å². The van der Waals surface area contributed by atoms with E-state index < -0.39 is 35.1 Å². The van der Waals surface area contributed by atoms with Gasteiger partial charge >= 0.3 is 0 Å². The number of aliphatic hydroxyl groups excluding tert-OH is 1. The largest absolute Gasteiger partial charge is 0.440 e. The molecule has 0 bridgehead atoms. The van der Waals surface area contributed by atoms with Crippen molar-refractivity contribution in [3.05, 3.63) is 77.2 Å². The van der Waals surface area contributed by atoms with E-state index in [1.165, 1.54) is 6.92 Å². The zero-order chi connectivity index (χ0) is 27.6. The van der Waals surface area contributed by atoms with Gasteiger partial charge in [0, 0.05) is 13.0 Å². The molecule has 2 aromatic carbocycles. The molecule has 1 fully saturated rings. The first-order valence-corrected chi connectivity index (χ1v) is 13.1. The fourth-order valence-electron chi connectivity index (χ4n) is 5.21. The van der Waals surface area contributed by atoms with Crippen LogP contribution in [-0.2, 0) is 11.2 Å². The van der Waals surface area contributed by atoms with Crippen LogP contribution >= 0.6 is 0 Å². The maximum absolute atomic E-state index is 14.8. The SMILES string of the molecule is C[C@H](O)C(=O)N(CC1CNC[C@@H]1C)[C@H](c1nc(-c2cc(F)ccc2F)oc1Cc1ccccc1)C(C)(C)C. The zero-order valence-electron chi connectivity index (χ0n) is 22.7. The summed E-state index contributed by atoms with van der Waals surface area (Å²) in [7, 11) is 0. The van der Waals surface area contributed by atoms with E-state index in [0.717, 1.165) is 36.9 Å². The Bertz CT molecular complexity index is 1250. The van der Waals surface area contributed by atoms with Crippen molar-refractivity contribution in [1.29, 1.82) is 0 Å². The van der Waals surface area contributed by atoms with Crippen LogP contribution in [0.2, 0.25) is 0 Å². The first kappa shape index (κ1) is 27.9. The van der Waals surface area contributed by atoms with Crippen LogP contribution in [0.1, 0.15) is 57.7 Å². The molecule has 3 aromatic rings. The van der Waals surface area contributed by atoms with Crippen molar-refractivity contribution in [1.82, 2.24) is 15.2 Å². The van der Waals surface area contributed by atoms with Gasteiger partial charge in [0.2, 0.25) is 5.89 Å². The predicted molar refractivity (Wildman–Crippen MR) is 142 cm³/mol. The van der Waals surface area contributed by atoms with Crippen LogP contribution < -0.4 is 5.32 Å². The van der Waals surface area contributed by atoms with Gasteiger partial charge in [-0.3, -0.25) is 4.79 Å². The Morgan fingerprint density at radius 3 is 2.50 bits per heavy atom. The number of benzene rings is 2. The zero-order valence-corrected chi connectivity index (χ0v) is 22.7. The Morgan fingerprint density at radius 1 is 1.18 bits per heavy atom. The van der Waals surface area contributed by atoms with E-state index in [4.69, 9.17) is 9.40 Å². The number of oxazole rings is 1. The molecule has 0 aliphatic carbocycles. The molecular weight excluding hydrogens is 488 g/mol. The number of rotatable bonds is 8. The summed E-state index contributed by atoms with van der Waals surface area (Å²) in [5.41, 5.74) is 0.818. The molecule has 2 N–H and O–H groups in total. The molecule has 1 aliphatic heterocycles. The second kappa shape index (κ2) is 11.3. The van der Waals surface area contributed by atoms with Gasteiger partial charge in [0.15, 0.2) is 0 Å². The highest BCUT2D eigenvalue weighted by atomic mass is 19.1. The molecule has 6 nitrogen and oxygen atoms in total. The molecule has 8 heteroatoms. The monoisotopic (exact) mass is 525 g/mol. The summed E-state index contributed by atoms with van der Waals surface area (Å²) in [4.78, 5) is 20.0. The fourth-order valence-corrected chi connectivity index (χ4v) is 5.21. The lowest BCUT2D eigenvalue weighted by Gasteiger charge is -2.41. The first-order valence-electron chi connectivity index (χ1n) is 13.1. The van der Waals surface area contributed by atoms with Gasteiger partial charge in [-0.1, -0.05) is 58.0 Å². The van der Waals surface area contributed by atoms with E-state index in [9.17, 15) is 18.7 Å². The van der Waals surface area contributed by atoms with Crippen LogP contribution in [0.15, 0.2) is 52.9 Å². The molecule has 1 unspecified atom stereocenters. The van der Waals surface area contributed by atoms with Gasteiger partial charge in [-0.15, -0.1) is 0 Å². The summed E-state index contributed by atoms with van der Waals surface area (Å²) in [6.07, 6.45) is -0.862. The molecular formula is C30H37F2N3O3.